The molecule has 0 amide bonds. The second-order valence-electron chi connectivity index (χ2n) is 5.23. The van der Waals surface area contributed by atoms with Crippen LogP contribution in [0.4, 0.5) is 0 Å². The second kappa shape index (κ2) is 4.44. The van der Waals surface area contributed by atoms with Crippen molar-refractivity contribution in [1.82, 2.24) is 4.90 Å². The van der Waals surface area contributed by atoms with Crippen molar-refractivity contribution in [3.63, 3.8) is 0 Å². The molecular formula is C14H19NO3. The molecule has 2 aliphatic heterocycles. The van der Waals surface area contributed by atoms with E-state index in [4.69, 9.17) is 9.47 Å². The average molecular weight is 249 g/mol. The molecule has 2 aliphatic rings. The molecule has 4 nitrogen and oxygen atoms in total. The third-order valence-electron chi connectivity index (χ3n) is 3.72. The van der Waals surface area contributed by atoms with Crippen molar-refractivity contribution in [2.75, 3.05) is 33.4 Å². The quantitative estimate of drug-likeness (QED) is 0.816. The number of likely N-dealkylation sites (tertiary alicyclic amines) is 1. The largest absolute Gasteiger partial charge is 0.490 e. The van der Waals surface area contributed by atoms with Crippen molar-refractivity contribution in [2.24, 2.45) is 0 Å². The molecule has 1 saturated heterocycles. The van der Waals surface area contributed by atoms with Gasteiger partial charge in [-0.2, -0.15) is 0 Å². The number of aliphatic hydroxyl groups is 1. The highest BCUT2D eigenvalue weighted by atomic mass is 16.5. The van der Waals surface area contributed by atoms with Gasteiger partial charge in [-0.15, -0.1) is 0 Å². The Balaban J connectivity index is 1.92. The molecule has 3 rings (SSSR count). The topological polar surface area (TPSA) is 41.9 Å². The normalized spacial score (nSPS) is 28.1. The van der Waals surface area contributed by atoms with Gasteiger partial charge in [0.25, 0.3) is 0 Å². The van der Waals surface area contributed by atoms with Gasteiger partial charge >= 0.3 is 0 Å². The van der Waals surface area contributed by atoms with Crippen molar-refractivity contribution in [3.05, 3.63) is 23.8 Å². The van der Waals surface area contributed by atoms with Crippen LogP contribution in [0.25, 0.3) is 0 Å². The van der Waals surface area contributed by atoms with Crippen LogP contribution in [-0.2, 0) is 5.60 Å². The van der Waals surface area contributed by atoms with E-state index in [-0.39, 0.29) is 0 Å². The van der Waals surface area contributed by atoms with Crippen LogP contribution in [0, 0.1) is 0 Å². The van der Waals surface area contributed by atoms with E-state index in [1.807, 2.05) is 25.2 Å². The van der Waals surface area contributed by atoms with Gasteiger partial charge in [0.15, 0.2) is 11.5 Å². The van der Waals surface area contributed by atoms with Gasteiger partial charge in [-0.1, -0.05) is 6.07 Å². The molecule has 1 atom stereocenters. The standard InChI is InChI=1S/C14H19NO3/c1-15-6-5-14(16,10-15)11-3-4-12-13(9-11)18-8-2-7-17-12/h3-4,9,16H,2,5-8,10H2,1H3. The first kappa shape index (κ1) is 11.8. The van der Waals surface area contributed by atoms with E-state index in [1.165, 1.54) is 0 Å². The maximum atomic E-state index is 10.7. The molecule has 1 unspecified atom stereocenters. The lowest BCUT2D eigenvalue weighted by atomic mass is 9.93. The number of hydrogen-bond donors (Lipinski definition) is 1. The van der Waals surface area contributed by atoms with E-state index >= 15 is 0 Å². The highest BCUT2D eigenvalue weighted by Crippen LogP contribution is 2.37. The number of rotatable bonds is 1. The summed E-state index contributed by atoms with van der Waals surface area (Å²) in [7, 11) is 2.03. The zero-order chi connectivity index (χ0) is 12.6. The van der Waals surface area contributed by atoms with Crippen LogP contribution in [0.5, 0.6) is 11.5 Å². The van der Waals surface area contributed by atoms with Gasteiger partial charge in [-0.05, 0) is 31.2 Å². The Morgan fingerprint density at radius 2 is 2.00 bits per heavy atom. The Hall–Kier alpha value is -1.26. The van der Waals surface area contributed by atoms with Crippen LogP contribution in [0.1, 0.15) is 18.4 Å². The van der Waals surface area contributed by atoms with Crippen LogP contribution in [-0.4, -0.2) is 43.4 Å². The smallest absolute Gasteiger partial charge is 0.161 e. The van der Waals surface area contributed by atoms with E-state index in [0.717, 1.165) is 36.4 Å². The lowest BCUT2D eigenvalue weighted by molar-refractivity contribution is 0.0486. The number of fused-ring (bicyclic) bond motifs is 1. The minimum atomic E-state index is -0.751. The van der Waals surface area contributed by atoms with Crippen LogP contribution in [0.3, 0.4) is 0 Å². The zero-order valence-corrected chi connectivity index (χ0v) is 10.7. The molecule has 4 heteroatoms. The molecule has 18 heavy (non-hydrogen) atoms. The Bertz CT molecular complexity index is 449. The predicted octanol–water partition coefficient (Wildman–Crippen LogP) is 1.37. The molecular weight excluding hydrogens is 230 g/mol. The van der Waals surface area contributed by atoms with Crippen molar-refractivity contribution in [3.8, 4) is 11.5 Å². The minimum absolute atomic E-state index is 0.673. The number of β-amino-alcohol motifs (C(OH)–C–C–N with tert-alkyl or cyclic N) is 1. The van der Waals surface area contributed by atoms with Crippen molar-refractivity contribution in [1.29, 1.82) is 0 Å². The average Bonchev–Trinajstić information content (AvgIpc) is 2.60. The first-order valence-corrected chi connectivity index (χ1v) is 6.48. The summed E-state index contributed by atoms with van der Waals surface area (Å²) in [5.41, 5.74) is 0.176. The minimum Gasteiger partial charge on any atom is -0.490 e. The summed E-state index contributed by atoms with van der Waals surface area (Å²) in [6, 6.07) is 5.79. The summed E-state index contributed by atoms with van der Waals surface area (Å²) in [5, 5.41) is 10.7. The fraction of sp³-hybridized carbons (Fsp3) is 0.571. The maximum Gasteiger partial charge on any atom is 0.161 e. The van der Waals surface area contributed by atoms with Gasteiger partial charge in [0.2, 0.25) is 0 Å². The van der Waals surface area contributed by atoms with Crippen LogP contribution < -0.4 is 9.47 Å². The summed E-state index contributed by atoms with van der Waals surface area (Å²) in [5.74, 6) is 1.54. The Labute approximate surface area is 107 Å². The lowest BCUT2D eigenvalue weighted by Crippen LogP contribution is -2.29. The third kappa shape index (κ3) is 2.06. The predicted molar refractivity (Wildman–Crippen MR) is 68.1 cm³/mol. The zero-order valence-electron chi connectivity index (χ0n) is 10.7. The van der Waals surface area contributed by atoms with E-state index in [9.17, 15) is 5.11 Å². The van der Waals surface area contributed by atoms with Crippen molar-refractivity contribution < 1.29 is 14.6 Å². The first-order chi connectivity index (χ1) is 8.67. The van der Waals surface area contributed by atoms with Crippen molar-refractivity contribution >= 4 is 0 Å². The Kier molecular flexibility index (Phi) is 2.92. The lowest BCUT2D eigenvalue weighted by Gasteiger charge is -2.24. The molecule has 1 aromatic carbocycles. The van der Waals surface area contributed by atoms with Gasteiger partial charge in [0.1, 0.15) is 5.60 Å². The molecule has 2 heterocycles. The molecule has 0 aliphatic carbocycles. The van der Waals surface area contributed by atoms with E-state index in [0.29, 0.717) is 19.8 Å². The monoisotopic (exact) mass is 249 g/mol. The van der Waals surface area contributed by atoms with Crippen LogP contribution >= 0.6 is 0 Å². The van der Waals surface area contributed by atoms with E-state index < -0.39 is 5.60 Å². The van der Waals surface area contributed by atoms with Gasteiger partial charge in [-0.3, -0.25) is 0 Å². The number of nitrogens with zero attached hydrogens (tertiary/aromatic N) is 1. The molecule has 0 spiro atoms. The Morgan fingerprint density at radius 3 is 2.72 bits per heavy atom. The molecule has 1 fully saturated rings. The SMILES string of the molecule is CN1CCC(O)(c2ccc3c(c2)OCCCO3)C1. The van der Waals surface area contributed by atoms with Crippen molar-refractivity contribution in [2.45, 2.75) is 18.4 Å². The maximum absolute atomic E-state index is 10.7. The van der Waals surface area contributed by atoms with Crippen LogP contribution in [0.15, 0.2) is 18.2 Å². The molecule has 1 N–H and O–H groups in total. The number of hydrogen-bond acceptors (Lipinski definition) is 4. The fourth-order valence-electron chi connectivity index (χ4n) is 2.67. The summed E-state index contributed by atoms with van der Waals surface area (Å²) >= 11 is 0. The van der Waals surface area contributed by atoms with E-state index in [2.05, 4.69) is 4.90 Å². The van der Waals surface area contributed by atoms with Gasteiger partial charge in [0, 0.05) is 19.5 Å². The Morgan fingerprint density at radius 1 is 1.22 bits per heavy atom. The number of ether oxygens (including phenoxy) is 2. The molecule has 0 aromatic heterocycles. The molecule has 1 aromatic rings. The summed E-state index contributed by atoms with van der Waals surface area (Å²) < 4.78 is 11.3. The highest BCUT2D eigenvalue weighted by Gasteiger charge is 2.36. The molecule has 0 bridgehead atoms. The summed E-state index contributed by atoms with van der Waals surface area (Å²) in [6.45, 7) is 2.96. The van der Waals surface area contributed by atoms with Gasteiger partial charge in [-0.25, -0.2) is 0 Å². The second-order valence-corrected chi connectivity index (χ2v) is 5.23. The van der Waals surface area contributed by atoms with Gasteiger partial charge < -0.3 is 19.5 Å². The van der Waals surface area contributed by atoms with Gasteiger partial charge in [0.05, 0.1) is 13.2 Å². The summed E-state index contributed by atoms with van der Waals surface area (Å²) in [6.07, 6.45) is 1.67. The molecule has 0 radical (unpaired) electrons. The van der Waals surface area contributed by atoms with Crippen LogP contribution in [0.2, 0.25) is 0 Å². The number of benzene rings is 1. The summed E-state index contributed by atoms with van der Waals surface area (Å²) in [4.78, 5) is 2.14. The highest BCUT2D eigenvalue weighted by molar-refractivity contribution is 5.45. The molecule has 98 valence electrons. The molecule has 0 saturated carbocycles. The number of likely N-dealkylation sites (N-methyl/N-ethyl adjacent to an activating group) is 1. The van der Waals surface area contributed by atoms with E-state index in [1.54, 1.807) is 0 Å². The third-order valence-corrected chi connectivity index (χ3v) is 3.72. The fourth-order valence-corrected chi connectivity index (χ4v) is 2.67. The first-order valence-electron chi connectivity index (χ1n) is 6.48.